The molecule has 0 aliphatic heterocycles. The number of nitrogens with zero attached hydrogens (tertiary/aromatic N) is 2. The zero-order chi connectivity index (χ0) is 15.4. The molecule has 1 amide bonds. The minimum absolute atomic E-state index is 0.102. The van der Waals surface area contributed by atoms with Crippen molar-refractivity contribution in [2.45, 2.75) is 11.4 Å². The lowest BCUT2D eigenvalue weighted by Gasteiger charge is -2.18. The van der Waals surface area contributed by atoms with E-state index in [0.29, 0.717) is 22.6 Å². The van der Waals surface area contributed by atoms with E-state index in [9.17, 15) is 4.79 Å². The van der Waals surface area contributed by atoms with Crippen LogP contribution >= 0.6 is 28.6 Å². The first-order valence-corrected chi connectivity index (χ1v) is 7.48. The molecule has 21 heavy (non-hydrogen) atoms. The maximum Gasteiger partial charge on any atom is 0.255 e. The summed E-state index contributed by atoms with van der Waals surface area (Å²) in [7, 11) is 1.73. The molecule has 0 aliphatic rings. The first-order chi connectivity index (χ1) is 10.0. The fourth-order valence-corrected chi connectivity index (χ4v) is 2.82. The van der Waals surface area contributed by atoms with Gasteiger partial charge in [0.1, 0.15) is 0 Å². The van der Waals surface area contributed by atoms with Gasteiger partial charge in [-0.1, -0.05) is 28.1 Å². The van der Waals surface area contributed by atoms with Gasteiger partial charge in [-0.3, -0.25) is 4.79 Å². The summed E-state index contributed by atoms with van der Waals surface area (Å²) in [4.78, 5) is 14.7. The molecule has 3 nitrogen and oxygen atoms in total. The first kappa shape index (κ1) is 15.6. The van der Waals surface area contributed by atoms with E-state index >= 15 is 0 Å². The number of nitriles is 1. The van der Waals surface area contributed by atoms with Gasteiger partial charge in [0.05, 0.1) is 17.2 Å². The second-order valence-corrected chi connectivity index (χ2v) is 6.03. The van der Waals surface area contributed by atoms with Gasteiger partial charge in [0.15, 0.2) is 0 Å². The molecule has 2 aromatic carbocycles. The van der Waals surface area contributed by atoms with Crippen LogP contribution < -0.4 is 0 Å². The zero-order valence-corrected chi connectivity index (χ0v) is 13.9. The van der Waals surface area contributed by atoms with Crippen LogP contribution in [0, 0.1) is 11.3 Å². The van der Waals surface area contributed by atoms with E-state index in [4.69, 9.17) is 5.26 Å². The zero-order valence-electron chi connectivity index (χ0n) is 11.4. The lowest BCUT2D eigenvalue weighted by molar-refractivity contribution is 0.0781. The van der Waals surface area contributed by atoms with E-state index in [1.54, 1.807) is 36.2 Å². The van der Waals surface area contributed by atoms with Crippen molar-refractivity contribution in [2.75, 3.05) is 7.05 Å². The minimum Gasteiger partial charge on any atom is -0.337 e. The lowest BCUT2D eigenvalue weighted by atomic mass is 10.1. The molecular formula is C16H13BrN2OS. The van der Waals surface area contributed by atoms with Crippen molar-refractivity contribution in [1.29, 1.82) is 5.26 Å². The quantitative estimate of drug-likeness (QED) is 0.844. The van der Waals surface area contributed by atoms with E-state index < -0.39 is 0 Å². The summed E-state index contributed by atoms with van der Waals surface area (Å²) in [5, 5.41) is 8.90. The molecule has 2 aromatic rings. The van der Waals surface area contributed by atoms with Gasteiger partial charge < -0.3 is 4.90 Å². The van der Waals surface area contributed by atoms with Gasteiger partial charge in [0.2, 0.25) is 0 Å². The average molecular weight is 361 g/mol. The molecule has 0 N–H and O–H groups in total. The Kier molecular flexibility index (Phi) is 5.05. The molecule has 0 unspecified atom stereocenters. The van der Waals surface area contributed by atoms with E-state index in [-0.39, 0.29) is 5.91 Å². The van der Waals surface area contributed by atoms with Gasteiger partial charge in [-0.05, 0) is 35.9 Å². The number of hydrogen-bond acceptors (Lipinski definition) is 3. The SMILES string of the molecule is CN(Cc1cccc(C#N)c1)C(=O)c1ccc(Br)cc1S. The average Bonchev–Trinajstić information content (AvgIpc) is 2.46. The van der Waals surface area contributed by atoms with Crippen molar-refractivity contribution in [2.24, 2.45) is 0 Å². The Labute approximate surface area is 137 Å². The Morgan fingerprint density at radius 2 is 2.10 bits per heavy atom. The standard InChI is InChI=1S/C16H13BrN2OS/c1-19(10-12-4-2-3-11(7-12)9-18)16(20)14-6-5-13(17)8-15(14)21/h2-8,21H,10H2,1H3. The Balaban J connectivity index is 2.17. The molecule has 0 spiro atoms. The van der Waals surface area contributed by atoms with Crippen LogP contribution in [-0.2, 0) is 6.54 Å². The molecule has 0 aromatic heterocycles. The number of thiol groups is 1. The van der Waals surface area contributed by atoms with Crippen molar-refractivity contribution >= 4 is 34.5 Å². The van der Waals surface area contributed by atoms with E-state index in [2.05, 4.69) is 34.6 Å². The van der Waals surface area contributed by atoms with E-state index in [0.717, 1.165) is 10.0 Å². The van der Waals surface area contributed by atoms with Crippen LogP contribution in [0.25, 0.3) is 0 Å². The largest absolute Gasteiger partial charge is 0.337 e. The summed E-state index contributed by atoms with van der Waals surface area (Å²) in [6.45, 7) is 0.442. The summed E-state index contributed by atoms with van der Waals surface area (Å²) in [5.41, 5.74) is 2.06. The second-order valence-electron chi connectivity index (χ2n) is 4.63. The summed E-state index contributed by atoms with van der Waals surface area (Å²) in [5.74, 6) is -0.102. The minimum atomic E-state index is -0.102. The smallest absolute Gasteiger partial charge is 0.255 e. The fraction of sp³-hybridized carbons (Fsp3) is 0.125. The van der Waals surface area contributed by atoms with Gasteiger partial charge >= 0.3 is 0 Å². The van der Waals surface area contributed by atoms with Crippen LogP contribution in [0.3, 0.4) is 0 Å². The van der Waals surface area contributed by atoms with E-state index in [1.807, 2.05) is 18.2 Å². The summed E-state index contributed by atoms with van der Waals surface area (Å²) in [6, 6.07) is 14.7. The Morgan fingerprint density at radius 3 is 2.76 bits per heavy atom. The van der Waals surface area contributed by atoms with Crippen LogP contribution in [0.5, 0.6) is 0 Å². The lowest BCUT2D eigenvalue weighted by Crippen LogP contribution is -2.26. The molecule has 0 bridgehead atoms. The highest BCUT2D eigenvalue weighted by Crippen LogP contribution is 2.21. The third-order valence-corrected chi connectivity index (χ3v) is 3.88. The Hall–Kier alpha value is -1.77. The molecule has 0 saturated heterocycles. The van der Waals surface area contributed by atoms with Crippen molar-refractivity contribution in [3.8, 4) is 6.07 Å². The van der Waals surface area contributed by atoms with Gasteiger partial charge in [0, 0.05) is 23.0 Å². The molecule has 5 heteroatoms. The molecule has 0 radical (unpaired) electrons. The molecular weight excluding hydrogens is 348 g/mol. The summed E-state index contributed by atoms with van der Waals surface area (Å²) < 4.78 is 0.883. The molecule has 0 atom stereocenters. The number of rotatable bonds is 3. The predicted molar refractivity (Wildman–Crippen MR) is 88.3 cm³/mol. The number of carbonyl (C=O) groups is 1. The van der Waals surface area contributed by atoms with Gasteiger partial charge in [0.25, 0.3) is 5.91 Å². The highest BCUT2D eigenvalue weighted by Gasteiger charge is 2.15. The van der Waals surface area contributed by atoms with E-state index in [1.165, 1.54) is 0 Å². The van der Waals surface area contributed by atoms with Crippen LogP contribution in [0.2, 0.25) is 0 Å². The maximum absolute atomic E-state index is 12.4. The van der Waals surface area contributed by atoms with Crippen LogP contribution in [-0.4, -0.2) is 17.9 Å². The number of hydrogen-bond donors (Lipinski definition) is 1. The molecule has 0 heterocycles. The number of amides is 1. The molecule has 0 aliphatic carbocycles. The molecule has 2 rings (SSSR count). The number of benzene rings is 2. The normalized spacial score (nSPS) is 10.0. The van der Waals surface area contributed by atoms with Crippen LogP contribution in [0.4, 0.5) is 0 Å². The van der Waals surface area contributed by atoms with Crippen molar-refractivity contribution in [3.63, 3.8) is 0 Å². The maximum atomic E-state index is 12.4. The number of carbonyl (C=O) groups excluding carboxylic acids is 1. The first-order valence-electron chi connectivity index (χ1n) is 6.24. The van der Waals surface area contributed by atoms with Crippen LogP contribution in [0.15, 0.2) is 51.8 Å². The topological polar surface area (TPSA) is 44.1 Å². The van der Waals surface area contributed by atoms with Gasteiger partial charge in [-0.25, -0.2) is 0 Å². The third kappa shape index (κ3) is 3.87. The second kappa shape index (κ2) is 6.79. The third-order valence-electron chi connectivity index (χ3n) is 3.01. The van der Waals surface area contributed by atoms with Crippen molar-refractivity contribution < 1.29 is 4.79 Å². The Morgan fingerprint density at radius 1 is 1.33 bits per heavy atom. The Bertz CT molecular complexity index is 724. The number of halogens is 1. The predicted octanol–water partition coefficient (Wildman–Crippen LogP) is 3.88. The van der Waals surface area contributed by atoms with Crippen molar-refractivity contribution in [3.05, 3.63) is 63.6 Å². The van der Waals surface area contributed by atoms with Crippen molar-refractivity contribution in [1.82, 2.24) is 4.90 Å². The van der Waals surface area contributed by atoms with Crippen LogP contribution in [0.1, 0.15) is 21.5 Å². The monoisotopic (exact) mass is 360 g/mol. The molecule has 106 valence electrons. The summed E-state index contributed by atoms with van der Waals surface area (Å²) in [6.07, 6.45) is 0. The van der Waals surface area contributed by atoms with Gasteiger partial charge in [-0.2, -0.15) is 5.26 Å². The molecule has 0 saturated carbocycles. The highest BCUT2D eigenvalue weighted by atomic mass is 79.9. The molecule has 0 fully saturated rings. The van der Waals surface area contributed by atoms with Gasteiger partial charge in [-0.15, -0.1) is 12.6 Å². The highest BCUT2D eigenvalue weighted by molar-refractivity contribution is 9.10. The fourth-order valence-electron chi connectivity index (χ4n) is 1.98. The summed E-state index contributed by atoms with van der Waals surface area (Å²) >= 11 is 7.69.